The summed E-state index contributed by atoms with van der Waals surface area (Å²) in [6.07, 6.45) is 5.86. The molecular weight excluding hydrogens is 384 g/mol. The molecule has 6 rings (SSSR count). The number of hydrogen-bond donors (Lipinski definition) is 3. The Morgan fingerprint density at radius 3 is 2.74 bits per heavy atom. The summed E-state index contributed by atoms with van der Waals surface area (Å²) in [5.41, 5.74) is 7.23. The van der Waals surface area contributed by atoms with Crippen LogP contribution in [0.15, 0.2) is 61.1 Å². The number of rotatable bonds is 3. The normalized spacial score (nSPS) is 17.3. The second-order valence-corrected chi connectivity index (χ2v) is 8.78. The highest BCUT2D eigenvalue weighted by atomic mass is 15.2. The van der Waals surface area contributed by atoms with Gasteiger partial charge in [-0.2, -0.15) is 0 Å². The van der Waals surface area contributed by atoms with Crippen molar-refractivity contribution >= 4 is 33.9 Å². The number of anilines is 4. The highest BCUT2D eigenvalue weighted by Crippen LogP contribution is 2.50. The van der Waals surface area contributed by atoms with Crippen LogP contribution in [0.3, 0.4) is 0 Å². The van der Waals surface area contributed by atoms with Crippen LogP contribution < -0.4 is 15.5 Å². The van der Waals surface area contributed by atoms with Crippen molar-refractivity contribution in [2.75, 3.05) is 29.9 Å². The standard InChI is InChI=1S/C25H26N6/c1-17-3-2-4-18(13-17)30-19-5-6-22-21(14-19)25(8-11-26-12-9-25)15-31(22)24-20-7-10-27-23(20)28-16-29-24/h2-7,10,13-14,16,26,30H,8-9,11-12,15H2,1H3,(H,27,28,29). The third-order valence-electron chi connectivity index (χ3n) is 6.78. The largest absolute Gasteiger partial charge is 0.356 e. The van der Waals surface area contributed by atoms with Gasteiger partial charge in [0.2, 0.25) is 0 Å². The van der Waals surface area contributed by atoms with E-state index in [4.69, 9.17) is 4.98 Å². The molecule has 0 saturated carbocycles. The van der Waals surface area contributed by atoms with Gasteiger partial charge in [-0.25, -0.2) is 9.97 Å². The molecule has 4 aromatic rings. The summed E-state index contributed by atoms with van der Waals surface area (Å²) in [5, 5.41) is 8.23. The first-order chi connectivity index (χ1) is 15.2. The number of aryl methyl sites for hydroxylation is 1. The van der Waals surface area contributed by atoms with E-state index < -0.39 is 0 Å². The highest BCUT2D eigenvalue weighted by Gasteiger charge is 2.44. The van der Waals surface area contributed by atoms with Crippen molar-refractivity contribution in [2.45, 2.75) is 25.2 Å². The third kappa shape index (κ3) is 3.06. The Morgan fingerprint density at radius 2 is 1.87 bits per heavy atom. The van der Waals surface area contributed by atoms with Crippen molar-refractivity contribution < 1.29 is 0 Å². The van der Waals surface area contributed by atoms with Gasteiger partial charge in [-0.15, -0.1) is 0 Å². The lowest BCUT2D eigenvalue weighted by Crippen LogP contribution is -2.42. The van der Waals surface area contributed by atoms with Gasteiger partial charge in [0.25, 0.3) is 0 Å². The average molecular weight is 411 g/mol. The molecule has 2 aromatic heterocycles. The maximum atomic E-state index is 4.70. The number of aromatic nitrogens is 3. The summed E-state index contributed by atoms with van der Waals surface area (Å²) < 4.78 is 0. The first-order valence-electron chi connectivity index (χ1n) is 11.0. The van der Waals surface area contributed by atoms with Gasteiger partial charge in [0.1, 0.15) is 17.8 Å². The van der Waals surface area contributed by atoms with E-state index >= 15 is 0 Å². The van der Waals surface area contributed by atoms with Crippen LogP contribution in [0.2, 0.25) is 0 Å². The molecule has 1 spiro atoms. The Bertz CT molecular complexity index is 1250. The predicted molar refractivity (Wildman–Crippen MR) is 126 cm³/mol. The van der Waals surface area contributed by atoms with Crippen LogP contribution in [0, 0.1) is 6.92 Å². The second kappa shape index (κ2) is 7.10. The number of piperidine rings is 1. The maximum Gasteiger partial charge on any atom is 0.145 e. The molecule has 0 aliphatic carbocycles. The Labute approximate surface area is 181 Å². The molecule has 156 valence electrons. The molecular formula is C25H26N6. The van der Waals surface area contributed by atoms with Gasteiger partial charge >= 0.3 is 0 Å². The SMILES string of the molecule is Cc1cccc(Nc2ccc3c(c2)C2(CCNCC2)CN3c2ncnc3[nH]ccc23)c1. The Balaban J connectivity index is 1.45. The number of nitrogens with zero attached hydrogens (tertiary/aromatic N) is 3. The van der Waals surface area contributed by atoms with Crippen molar-refractivity contribution in [1.29, 1.82) is 0 Å². The minimum absolute atomic E-state index is 0.137. The fraction of sp³-hybridized carbons (Fsp3) is 0.280. The van der Waals surface area contributed by atoms with Gasteiger partial charge in [0, 0.05) is 35.2 Å². The van der Waals surface area contributed by atoms with Crippen molar-refractivity contribution in [3.8, 4) is 0 Å². The van der Waals surface area contributed by atoms with E-state index in [0.29, 0.717) is 0 Å². The van der Waals surface area contributed by atoms with Gasteiger partial charge in [-0.3, -0.25) is 0 Å². The van der Waals surface area contributed by atoms with Crippen molar-refractivity contribution in [1.82, 2.24) is 20.3 Å². The molecule has 0 amide bonds. The van der Waals surface area contributed by atoms with E-state index in [1.54, 1.807) is 6.33 Å². The smallest absolute Gasteiger partial charge is 0.145 e. The van der Waals surface area contributed by atoms with Gasteiger partial charge in [0.05, 0.1) is 5.39 Å². The molecule has 0 unspecified atom stereocenters. The van der Waals surface area contributed by atoms with Crippen LogP contribution in [-0.2, 0) is 5.41 Å². The van der Waals surface area contributed by atoms with Crippen LogP contribution in [0.4, 0.5) is 22.9 Å². The summed E-state index contributed by atoms with van der Waals surface area (Å²) >= 11 is 0. The zero-order valence-electron chi connectivity index (χ0n) is 17.7. The van der Waals surface area contributed by atoms with E-state index in [1.807, 2.05) is 6.20 Å². The number of nitrogens with one attached hydrogen (secondary N) is 3. The topological polar surface area (TPSA) is 68.9 Å². The summed E-state index contributed by atoms with van der Waals surface area (Å²) in [7, 11) is 0. The monoisotopic (exact) mass is 410 g/mol. The first-order valence-corrected chi connectivity index (χ1v) is 11.0. The van der Waals surface area contributed by atoms with Gasteiger partial charge in [0.15, 0.2) is 0 Å². The number of H-pyrrole nitrogens is 1. The fourth-order valence-electron chi connectivity index (χ4n) is 5.23. The molecule has 2 aromatic carbocycles. The van der Waals surface area contributed by atoms with E-state index in [9.17, 15) is 0 Å². The summed E-state index contributed by atoms with van der Waals surface area (Å²) in [6, 6.07) is 17.4. The van der Waals surface area contributed by atoms with Crippen LogP contribution in [0.25, 0.3) is 11.0 Å². The molecule has 3 N–H and O–H groups in total. The molecule has 0 atom stereocenters. The molecule has 2 aliphatic heterocycles. The van der Waals surface area contributed by atoms with E-state index in [0.717, 1.165) is 60.7 Å². The predicted octanol–water partition coefficient (Wildman–Crippen LogP) is 4.78. The van der Waals surface area contributed by atoms with Crippen LogP contribution in [0.5, 0.6) is 0 Å². The zero-order chi connectivity index (χ0) is 20.8. The number of fused-ring (bicyclic) bond motifs is 3. The molecule has 1 fully saturated rings. The minimum atomic E-state index is 0.137. The Kier molecular flexibility index (Phi) is 4.21. The third-order valence-corrected chi connectivity index (χ3v) is 6.78. The fourth-order valence-corrected chi connectivity index (χ4v) is 5.23. The second-order valence-electron chi connectivity index (χ2n) is 8.78. The van der Waals surface area contributed by atoms with Crippen molar-refractivity contribution in [3.05, 3.63) is 72.2 Å². The summed E-state index contributed by atoms with van der Waals surface area (Å²) in [5.74, 6) is 0.988. The molecule has 6 heteroatoms. The lowest BCUT2D eigenvalue weighted by atomic mass is 9.74. The average Bonchev–Trinajstić information content (AvgIpc) is 3.38. The minimum Gasteiger partial charge on any atom is -0.356 e. The number of hydrogen-bond acceptors (Lipinski definition) is 5. The Hall–Kier alpha value is -3.38. The van der Waals surface area contributed by atoms with E-state index in [2.05, 4.69) is 81.0 Å². The summed E-state index contributed by atoms with van der Waals surface area (Å²) in [4.78, 5) is 14.7. The zero-order valence-corrected chi connectivity index (χ0v) is 17.7. The van der Waals surface area contributed by atoms with Gasteiger partial charge < -0.3 is 20.5 Å². The lowest BCUT2D eigenvalue weighted by Gasteiger charge is -2.35. The molecule has 6 nitrogen and oxygen atoms in total. The highest BCUT2D eigenvalue weighted by molar-refractivity contribution is 5.91. The molecule has 0 bridgehead atoms. The summed E-state index contributed by atoms with van der Waals surface area (Å²) in [6.45, 7) is 5.17. The maximum absolute atomic E-state index is 4.70. The molecule has 31 heavy (non-hydrogen) atoms. The van der Waals surface area contributed by atoms with Crippen LogP contribution >= 0.6 is 0 Å². The molecule has 1 saturated heterocycles. The first kappa shape index (κ1) is 18.4. The van der Waals surface area contributed by atoms with Gasteiger partial charge in [-0.1, -0.05) is 12.1 Å². The van der Waals surface area contributed by atoms with Gasteiger partial charge in [-0.05, 0) is 80.4 Å². The van der Waals surface area contributed by atoms with Crippen LogP contribution in [0.1, 0.15) is 24.0 Å². The molecule has 0 radical (unpaired) electrons. The quantitative estimate of drug-likeness (QED) is 0.453. The lowest BCUT2D eigenvalue weighted by molar-refractivity contribution is 0.329. The molecule has 2 aliphatic rings. The van der Waals surface area contributed by atoms with Crippen molar-refractivity contribution in [3.63, 3.8) is 0 Å². The van der Waals surface area contributed by atoms with E-state index in [1.165, 1.54) is 16.8 Å². The van der Waals surface area contributed by atoms with Crippen LogP contribution in [-0.4, -0.2) is 34.6 Å². The number of aromatic amines is 1. The Morgan fingerprint density at radius 1 is 1.00 bits per heavy atom. The number of benzene rings is 2. The van der Waals surface area contributed by atoms with Crippen molar-refractivity contribution in [2.24, 2.45) is 0 Å². The molecule has 4 heterocycles. The van der Waals surface area contributed by atoms with E-state index in [-0.39, 0.29) is 5.41 Å².